The van der Waals surface area contributed by atoms with Crippen LogP contribution in [0.1, 0.15) is 62.8 Å². The van der Waals surface area contributed by atoms with Crippen LogP contribution in [0, 0.1) is 17.0 Å². The van der Waals surface area contributed by atoms with Gasteiger partial charge in [0.05, 0.1) is 17.0 Å². The molecule has 3 atom stereocenters. The van der Waals surface area contributed by atoms with Crippen LogP contribution in [0.3, 0.4) is 0 Å². The highest BCUT2D eigenvalue weighted by Gasteiger charge is 2.63. The van der Waals surface area contributed by atoms with Gasteiger partial charge in [-0.15, -0.1) is 5.10 Å². The Hall–Kier alpha value is -2.98. The van der Waals surface area contributed by atoms with Gasteiger partial charge >= 0.3 is 0 Å². The van der Waals surface area contributed by atoms with E-state index in [0.29, 0.717) is 13.1 Å². The largest absolute Gasteiger partial charge is 0.371 e. The van der Waals surface area contributed by atoms with Crippen molar-refractivity contribution in [2.45, 2.75) is 51.2 Å². The zero-order valence-corrected chi connectivity index (χ0v) is 18.8. The minimum absolute atomic E-state index is 0.0736. The van der Waals surface area contributed by atoms with Crippen LogP contribution < -0.4 is 5.73 Å². The van der Waals surface area contributed by atoms with Crippen molar-refractivity contribution in [2.24, 2.45) is 5.41 Å². The Labute approximate surface area is 190 Å². The molecule has 1 fully saturated rings. The van der Waals surface area contributed by atoms with E-state index in [-0.39, 0.29) is 39.8 Å². The van der Waals surface area contributed by atoms with Gasteiger partial charge < -0.3 is 10.8 Å². The number of nitrogen functional groups attached to an aromatic ring is 1. The lowest BCUT2D eigenvalue weighted by Crippen LogP contribution is -2.47. The van der Waals surface area contributed by atoms with E-state index in [4.69, 9.17) is 5.73 Å². The van der Waals surface area contributed by atoms with E-state index in [1.54, 1.807) is 6.07 Å². The van der Waals surface area contributed by atoms with Gasteiger partial charge in [0.2, 0.25) is 5.95 Å². The van der Waals surface area contributed by atoms with E-state index in [1.807, 2.05) is 11.8 Å². The van der Waals surface area contributed by atoms with Crippen molar-refractivity contribution in [2.75, 3.05) is 18.8 Å². The molecule has 33 heavy (non-hydrogen) atoms. The number of rotatable bonds is 6. The van der Waals surface area contributed by atoms with Gasteiger partial charge in [-0.1, -0.05) is 26.8 Å². The van der Waals surface area contributed by atoms with Crippen molar-refractivity contribution in [3.8, 4) is 11.3 Å². The number of fused-ring (bicyclic) bond motifs is 5. The summed E-state index contributed by atoms with van der Waals surface area (Å²) < 4.78 is 28.8. The average Bonchev–Trinajstić information content (AvgIpc) is 3.37. The number of aromatic nitrogens is 5. The summed E-state index contributed by atoms with van der Waals surface area (Å²) >= 11 is 0. The molecule has 1 aromatic carbocycles. The number of aromatic amines is 1. The summed E-state index contributed by atoms with van der Waals surface area (Å²) in [6.45, 7) is 7.44. The van der Waals surface area contributed by atoms with Gasteiger partial charge in [0.15, 0.2) is 12.1 Å². The fourth-order valence-electron chi connectivity index (χ4n) is 5.94. The van der Waals surface area contributed by atoms with Crippen LogP contribution >= 0.6 is 0 Å². The smallest absolute Gasteiger partial charge is 0.239 e. The molecule has 1 saturated carbocycles. The lowest BCUT2D eigenvalue weighted by atomic mass is 9.68. The predicted octanol–water partition coefficient (Wildman–Crippen LogP) is 3.29. The van der Waals surface area contributed by atoms with E-state index >= 15 is 0 Å². The number of aliphatic hydroxyl groups excluding tert-OH is 1. The van der Waals surface area contributed by atoms with Crippen molar-refractivity contribution < 1.29 is 13.9 Å². The molecular weight excluding hydrogens is 428 g/mol. The van der Waals surface area contributed by atoms with Crippen molar-refractivity contribution in [3.05, 3.63) is 53.0 Å². The van der Waals surface area contributed by atoms with E-state index in [9.17, 15) is 13.9 Å². The summed E-state index contributed by atoms with van der Waals surface area (Å²) in [6.07, 6.45) is 0.794. The Morgan fingerprint density at radius 2 is 2.00 bits per heavy atom. The molecule has 0 aliphatic heterocycles. The number of benzene rings is 1. The van der Waals surface area contributed by atoms with Crippen LogP contribution in [0.25, 0.3) is 11.3 Å². The molecule has 1 unspecified atom stereocenters. The Morgan fingerprint density at radius 1 is 1.27 bits per heavy atom. The number of halogens is 2. The third kappa shape index (κ3) is 3.07. The first-order valence-electron chi connectivity index (χ1n) is 11.1. The van der Waals surface area contributed by atoms with Crippen molar-refractivity contribution >= 4 is 5.95 Å². The van der Waals surface area contributed by atoms with Gasteiger partial charge in [0.25, 0.3) is 0 Å². The van der Waals surface area contributed by atoms with E-state index in [0.717, 1.165) is 24.1 Å². The second-order valence-electron chi connectivity index (χ2n) is 9.54. The highest BCUT2D eigenvalue weighted by atomic mass is 19.1. The number of H-pyrrole nitrogens is 1. The Kier molecular flexibility index (Phi) is 4.98. The van der Waals surface area contributed by atoms with Gasteiger partial charge in [0.1, 0.15) is 11.6 Å². The molecule has 2 heterocycles. The summed E-state index contributed by atoms with van der Waals surface area (Å²) in [5.41, 5.74) is 6.91. The van der Waals surface area contributed by atoms with Gasteiger partial charge in [-0.3, -0.25) is 10.00 Å². The number of likely N-dealkylation sites (N-methyl/N-ethyl adjacent to an activating group) is 1. The molecular formula is C23H27F2N7O. The predicted molar refractivity (Wildman–Crippen MR) is 118 cm³/mol. The molecule has 4 N–H and O–H groups in total. The number of aliphatic hydroxyl groups is 1. The molecule has 2 aromatic heterocycles. The fraction of sp³-hybridized carbons (Fsp3) is 0.478. The maximum absolute atomic E-state index is 14.4. The molecule has 2 aliphatic carbocycles. The van der Waals surface area contributed by atoms with Crippen LogP contribution in [-0.2, 0) is 5.41 Å². The minimum atomic E-state index is -1.01. The highest BCUT2D eigenvalue weighted by Crippen LogP contribution is 2.67. The van der Waals surface area contributed by atoms with Crippen LogP contribution in [0.4, 0.5) is 14.7 Å². The first-order valence-corrected chi connectivity index (χ1v) is 11.1. The van der Waals surface area contributed by atoms with Crippen LogP contribution in [-0.4, -0.2) is 48.5 Å². The maximum atomic E-state index is 14.4. The summed E-state index contributed by atoms with van der Waals surface area (Å²) in [4.78, 5) is 5.98. The van der Waals surface area contributed by atoms with Crippen LogP contribution in [0.5, 0.6) is 0 Å². The normalized spacial score (nSPS) is 23.8. The first kappa shape index (κ1) is 21.8. The second kappa shape index (κ2) is 7.53. The molecule has 2 bridgehead atoms. The molecule has 0 spiro atoms. The van der Waals surface area contributed by atoms with Crippen molar-refractivity contribution in [3.63, 3.8) is 0 Å². The van der Waals surface area contributed by atoms with Crippen molar-refractivity contribution in [1.82, 2.24) is 30.3 Å². The number of nitrogens with two attached hydrogens (primary N) is 1. The molecule has 3 aromatic rings. The Morgan fingerprint density at radius 3 is 2.64 bits per heavy atom. The Balaban J connectivity index is 1.55. The van der Waals surface area contributed by atoms with Gasteiger partial charge in [-0.05, 0) is 54.5 Å². The van der Waals surface area contributed by atoms with E-state index < -0.39 is 17.9 Å². The molecule has 8 nitrogen and oxygen atoms in total. The number of anilines is 1. The summed E-state index contributed by atoms with van der Waals surface area (Å²) in [5, 5.41) is 26.3. The highest BCUT2D eigenvalue weighted by molar-refractivity contribution is 5.63. The molecule has 0 radical (unpaired) electrons. The number of hydrogen-bond donors (Lipinski definition) is 3. The average molecular weight is 456 g/mol. The zero-order chi connectivity index (χ0) is 23.5. The lowest BCUT2D eigenvalue weighted by Gasteiger charge is -2.42. The zero-order valence-electron chi connectivity index (χ0n) is 18.8. The Bertz CT molecular complexity index is 1190. The second-order valence-corrected chi connectivity index (χ2v) is 9.54. The quantitative estimate of drug-likeness (QED) is 0.488. The lowest BCUT2D eigenvalue weighted by molar-refractivity contribution is -0.0273. The molecule has 0 amide bonds. The third-order valence-electron chi connectivity index (χ3n) is 7.82. The number of nitrogens with zero attached hydrogens (tertiary/aromatic N) is 5. The van der Waals surface area contributed by atoms with Crippen LogP contribution in [0.2, 0.25) is 0 Å². The third-order valence-corrected chi connectivity index (χ3v) is 7.82. The monoisotopic (exact) mass is 455 g/mol. The van der Waals surface area contributed by atoms with Crippen LogP contribution in [0.15, 0.2) is 24.3 Å². The van der Waals surface area contributed by atoms with E-state index in [2.05, 4.69) is 39.2 Å². The molecule has 10 heteroatoms. The minimum Gasteiger partial charge on any atom is -0.371 e. The molecule has 5 rings (SSSR count). The topological polar surface area (TPSA) is 117 Å². The molecule has 2 aliphatic rings. The summed E-state index contributed by atoms with van der Waals surface area (Å²) in [7, 11) is 0. The SMILES string of the molecule is CCN(C[C@@]12CC[C@@H](c3cc(-c4c(F)cccc4F)nnc31)C2(C)C)C(O)c1nc(N)n[nH]1. The number of nitrogens with one attached hydrogen (secondary N) is 1. The van der Waals surface area contributed by atoms with Crippen molar-refractivity contribution in [1.29, 1.82) is 0 Å². The summed E-state index contributed by atoms with van der Waals surface area (Å²) in [6, 6.07) is 5.58. The summed E-state index contributed by atoms with van der Waals surface area (Å²) in [5.74, 6) is -0.786. The van der Waals surface area contributed by atoms with E-state index in [1.165, 1.54) is 18.2 Å². The van der Waals surface area contributed by atoms with Gasteiger partial charge in [-0.2, -0.15) is 15.2 Å². The maximum Gasteiger partial charge on any atom is 0.239 e. The first-order chi connectivity index (χ1) is 15.7. The van der Waals surface area contributed by atoms with Gasteiger partial charge in [-0.25, -0.2) is 8.78 Å². The molecule has 0 saturated heterocycles. The molecule has 174 valence electrons. The fourth-order valence-corrected chi connectivity index (χ4v) is 5.94. The van der Waals surface area contributed by atoms with Gasteiger partial charge in [0, 0.05) is 12.0 Å². The standard InChI is InChI=1S/C23H27F2N7O/c1-4-32(20(33)19-27-21(26)31-30-19)11-23-9-8-13(22(23,2)3)12-10-16(28-29-18(12)23)17-14(24)6-5-7-15(17)25/h5-7,10,13,20,33H,4,8-9,11H2,1-3H3,(H3,26,27,30,31)/t13-,20?,23-/m0/s1. The number of hydrogen-bond acceptors (Lipinski definition) is 7.